The SMILES string of the molecule is COc1ccc(SCC(=O)Nc2nc(-c3cc4cccc(OC)c4o3)cs2)cc1. The number of anilines is 1. The number of carbonyl (C=O) groups is 1. The lowest BCUT2D eigenvalue weighted by atomic mass is 10.2. The number of nitrogens with one attached hydrogen (secondary N) is 1. The highest BCUT2D eigenvalue weighted by atomic mass is 32.2. The number of nitrogens with zero attached hydrogens (tertiary/aromatic N) is 1. The van der Waals surface area contributed by atoms with Gasteiger partial charge in [0.2, 0.25) is 5.91 Å². The molecule has 0 atom stereocenters. The van der Waals surface area contributed by atoms with Crippen molar-refractivity contribution in [3.63, 3.8) is 0 Å². The molecule has 4 aromatic rings. The molecular formula is C21H18N2O4S2. The number of hydrogen-bond donors (Lipinski definition) is 1. The van der Waals surface area contributed by atoms with Gasteiger partial charge in [-0.15, -0.1) is 23.1 Å². The van der Waals surface area contributed by atoms with E-state index < -0.39 is 0 Å². The van der Waals surface area contributed by atoms with Gasteiger partial charge in [-0.25, -0.2) is 4.98 Å². The van der Waals surface area contributed by atoms with Crippen LogP contribution >= 0.6 is 23.1 Å². The Morgan fingerprint density at radius 3 is 2.76 bits per heavy atom. The average Bonchev–Trinajstić information content (AvgIpc) is 3.39. The van der Waals surface area contributed by atoms with Crippen LogP contribution in [-0.2, 0) is 4.79 Å². The van der Waals surface area contributed by atoms with Gasteiger partial charge in [-0.2, -0.15) is 0 Å². The number of rotatable bonds is 7. The quantitative estimate of drug-likeness (QED) is 0.404. The van der Waals surface area contributed by atoms with Crippen molar-refractivity contribution in [1.29, 1.82) is 0 Å². The molecule has 2 heterocycles. The number of amides is 1. The van der Waals surface area contributed by atoms with Crippen LogP contribution in [0.1, 0.15) is 0 Å². The number of hydrogen-bond acceptors (Lipinski definition) is 7. The molecule has 1 amide bonds. The molecule has 6 nitrogen and oxygen atoms in total. The van der Waals surface area contributed by atoms with Gasteiger partial charge in [-0.3, -0.25) is 4.79 Å². The van der Waals surface area contributed by atoms with E-state index >= 15 is 0 Å². The zero-order chi connectivity index (χ0) is 20.2. The van der Waals surface area contributed by atoms with E-state index in [0.717, 1.165) is 16.0 Å². The first kappa shape index (κ1) is 19.4. The minimum atomic E-state index is -0.113. The maximum absolute atomic E-state index is 12.2. The Kier molecular flexibility index (Phi) is 5.73. The monoisotopic (exact) mass is 426 g/mol. The van der Waals surface area contributed by atoms with Crippen LogP contribution in [0.3, 0.4) is 0 Å². The summed E-state index contributed by atoms with van der Waals surface area (Å²) in [5.74, 6) is 2.28. The van der Waals surface area contributed by atoms with Crippen molar-refractivity contribution in [1.82, 2.24) is 4.98 Å². The molecule has 0 fully saturated rings. The Bertz CT molecular complexity index is 1140. The van der Waals surface area contributed by atoms with Crippen molar-refractivity contribution >= 4 is 45.1 Å². The lowest BCUT2D eigenvalue weighted by Gasteiger charge is -2.03. The number of methoxy groups -OCH3 is 2. The third kappa shape index (κ3) is 4.38. The lowest BCUT2D eigenvalue weighted by molar-refractivity contribution is -0.113. The molecule has 0 aliphatic heterocycles. The van der Waals surface area contributed by atoms with Gasteiger partial charge in [0, 0.05) is 15.7 Å². The summed E-state index contributed by atoms with van der Waals surface area (Å²) in [5.41, 5.74) is 1.35. The minimum absolute atomic E-state index is 0.113. The Labute approximate surface area is 175 Å². The largest absolute Gasteiger partial charge is 0.497 e. The molecule has 0 saturated carbocycles. The van der Waals surface area contributed by atoms with Gasteiger partial charge in [0.25, 0.3) is 0 Å². The summed E-state index contributed by atoms with van der Waals surface area (Å²) in [6.07, 6.45) is 0. The topological polar surface area (TPSA) is 73.6 Å². The second kappa shape index (κ2) is 8.59. The number of aromatic nitrogens is 1. The second-order valence-corrected chi connectivity index (χ2v) is 7.95. The molecule has 0 spiro atoms. The summed E-state index contributed by atoms with van der Waals surface area (Å²) in [4.78, 5) is 17.7. The third-order valence-electron chi connectivity index (χ3n) is 4.16. The van der Waals surface area contributed by atoms with Gasteiger partial charge in [0.1, 0.15) is 11.4 Å². The zero-order valence-corrected chi connectivity index (χ0v) is 17.4. The van der Waals surface area contributed by atoms with E-state index in [0.29, 0.717) is 33.7 Å². The molecule has 0 radical (unpaired) electrons. The first-order valence-corrected chi connectivity index (χ1v) is 10.6. The molecule has 4 rings (SSSR count). The average molecular weight is 427 g/mol. The van der Waals surface area contributed by atoms with E-state index in [9.17, 15) is 4.79 Å². The Balaban J connectivity index is 1.40. The molecule has 2 aromatic carbocycles. The van der Waals surface area contributed by atoms with Crippen molar-refractivity contribution in [2.75, 3.05) is 25.3 Å². The molecule has 29 heavy (non-hydrogen) atoms. The fourth-order valence-electron chi connectivity index (χ4n) is 2.74. The van der Waals surface area contributed by atoms with Crippen LogP contribution in [0, 0.1) is 0 Å². The van der Waals surface area contributed by atoms with Crippen LogP contribution in [0.5, 0.6) is 11.5 Å². The number of furan rings is 1. The Morgan fingerprint density at radius 2 is 2.00 bits per heavy atom. The van der Waals surface area contributed by atoms with Gasteiger partial charge in [-0.05, 0) is 36.4 Å². The van der Waals surface area contributed by atoms with Gasteiger partial charge in [0.15, 0.2) is 22.2 Å². The highest BCUT2D eigenvalue weighted by Crippen LogP contribution is 2.34. The van der Waals surface area contributed by atoms with Gasteiger partial charge < -0.3 is 19.2 Å². The first-order chi connectivity index (χ1) is 14.2. The molecule has 0 bridgehead atoms. The van der Waals surface area contributed by atoms with E-state index in [-0.39, 0.29) is 5.91 Å². The number of thioether (sulfide) groups is 1. The summed E-state index contributed by atoms with van der Waals surface area (Å²) in [7, 11) is 3.23. The lowest BCUT2D eigenvalue weighted by Crippen LogP contribution is -2.13. The number of fused-ring (bicyclic) bond motifs is 1. The third-order valence-corrected chi connectivity index (χ3v) is 5.93. The van der Waals surface area contributed by atoms with Gasteiger partial charge in [-0.1, -0.05) is 12.1 Å². The van der Waals surface area contributed by atoms with Gasteiger partial charge in [0.05, 0.1) is 20.0 Å². The Morgan fingerprint density at radius 1 is 1.17 bits per heavy atom. The van der Waals surface area contributed by atoms with Crippen LogP contribution < -0.4 is 14.8 Å². The van der Waals surface area contributed by atoms with Crippen molar-refractivity contribution in [2.24, 2.45) is 0 Å². The minimum Gasteiger partial charge on any atom is -0.497 e. The van der Waals surface area contributed by atoms with E-state index in [2.05, 4.69) is 10.3 Å². The number of thiazole rings is 1. The van der Waals surface area contributed by atoms with E-state index in [1.807, 2.05) is 53.9 Å². The van der Waals surface area contributed by atoms with Crippen LogP contribution in [0.15, 0.2) is 63.2 Å². The summed E-state index contributed by atoms with van der Waals surface area (Å²) in [6, 6.07) is 15.2. The number of benzene rings is 2. The van der Waals surface area contributed by atoms with Crippen LogP contribution in [0.4, 0.5) is 5.13 Å². The summed E-state index contributed by atoms with van der Waals surface area (Å²) in [5, 5.41) is 6.17. The van der Waals surface area contributed by atoms with E-state index in [4.69, 9.17) is 13.9 Å². The summed E-state index contributed by atoms with van der Waals surface area (Å²) >= 11 is 2.81. The van der Waals surface area contributed by atoms with E-state index in [1.54, 1.807) is 14.2 Å². The molecule has 0 unspecified atom stereocenters. The molecule has 0 aliphatic rings. The highest BCUT2D eigenvalue weighted by Gasteiger charge is 2.14. The summed E-state index contributed by atoms with van der Waals surface area (Å²) in [6.45, 7) is 0. The van der Waals surface area contributed by atoms with Crippen molar-refractivity contribution in [2.45, 2.75) is 4.90 Å². The van der Waals surface area contributed by atoms with Crippen molar-refractivity contribution < 1.29 is 18.7 Å². The molecule has 148 valence electrons. The zero-order valence-electron chi connectivity index (χ0n) is 15.8. The normalized spacial score (nSPS) is 10.8. The standard InChI is InChI=1S/C21H18N2O4S2/c1-25-14-6-8-15(9-7-14)28-12-19(24)23-21-22-16(11-29-21)18-10-13-4-3-5-17(26-2)20(13)27-18/h3-11H,12H2,1-2H3,(H,22,23,24). The fraction of sp³-hybridized carbons (Fsp3) is 0.143. The second-order valence-electron chi connectivity index (χ2n) is 6.04. The molecule has 2 aromatic heterocycles. The number of carbonyl (C=O) groups excluding carboxylic acids is 1. The van der Waals surface area contributed by atoms with Crippen molar-refractivity contribution in [3.05, 3.63) is 53.9 Å². The molecular weight excluding hydrogens is 408 g/mol. The van der Waals surface area contributed by atoms with Crippen LogP contribution in [0.2, 0.25) is 0 Å². The van der Waals surface area contributed by atoms with Crippen LogP contribution in [-0.4, -0.2) is 30.9 Å². The smallest absolute Gasteiger partial charge is 0.236 e. The van der Waals surface area contributed by atoms with Crippen LogP contribution in [0.25, 0.3) is 22.4 Å². The maximum atomic E-state index is 12.2. The summed E-state index contributed by atoms with van der Waals surface area (Å²) < 4.78 is 16.4. The highest BCUT2D eigenvalue weighted by molar-refractivity contribution is 8.00. The number of ether oxygens (including phenoxy) is 2. The Hall–Kier alpha value is -2.97. The molecule has 1 N–H and O–H groups in total. The first-order valence-electron chi connectivity index (χ1n) is 8.75. The predicted molar refractivity (Wildman–Crippen MR) is 116 cm³/mol. The van der Waals surface area contributed by atoms with Crippen molar-refractivity contribution in [3.8, 4) is 23.0 Å². The predicted octanol–water partition coefficient (Wildman–Crippen LogP) is 5.30. The molecule has 8 heteroatoms. The maximum Gasteiger partial charge on any atom is 0.236 e. The number of para-hydroxylation sites is 1. The molecule has 0 aliphatic carbocycles. The van der Waals surface area contributed by atoms with Gasteiger partial charge >= 0.3 is 0 Å². The fourth-order valence-corrected chi connectivity index (χ4v) is 4.16. The van der Waals surface area contributed by atoms with E-state index in [1.165, 1.54) is 23.1 Å². The molecule has 0 saturated heterocycles.